The van der Waals surface area contributed by atoms with Crippen LogP contribution in [0.15, 0.2) is 0 Å². The van der Waals surface area contributed by atoms with E-state index in [0.717, 1.165) is 38.9 Å². The van der Waals surface area contributed by atoms with E-state index in [4.69, 9.17) is 4.74 Å². The number of rotatable bonds is 5. The third kappa shape index (κ3) is 4.07. The summed E-state index contributed by atoms with van der Waals surface area (Å²) < 4.78 is 4.91. The minimum atomic E-state index is 0.172. The van der Waals surface area contributed by atoms with E-state index in [1.54, 1.807) is 7.11 Å². The number of amides is 1. The average Bonchev–Trinajstić information content (AvgIpc) is 2.25. The summed E-state index contributed by atoms with van der Waals surface area (Å²) in [5.74, 6) is 0.361. The van der Waals surface area contributed by atoms with Crippen molar-refractivity contribution >= 4 is 5.91 Å². The highest BCUT2D eigenvalue weighted by molar-refractivity contribution is 5.78. The van der Waals surface area contributed by atoms with E-state index in [2.05, 4.69) is 10.6 Å². The van der Waals surface area contributed by atoms with Gasteiger partial charge in [-0.25, -0.2) is 0 Å². The maximum absolute atomic E-state index is 11.6. The van der Waals surface area contributed by atoms with Crippen LogP contribution in [0, 0.1) is 5.92 Å². The fourth-order valence-electron chi connectivity index (χ4n) is 1.65. The van der Waals surface area contributed by atoms with Crippen molar-refractivity contribution in [2.24, 2.45) is 5.92 Å². The zero-order valence-corrected chi connectivity index (χ0v) is 8.84. The molecule has 0 spiro atoms. The molecular formula is C10H20N2O2. The molecule has 0 aliphatic carbocycles. The maximum Gasteiger partial charge on any atom is 0.224 e. The zero-order valence-electron chi connectivity index (χ0n) is 8.84. The van der Waals surface area contributed by atoms with E-state index in [9.17, 15) is 4.79 Å². The second-order valence-electron chi connectivity index (χ2n) is 3.68. The average molecular weight is 200 g/mol. The molecule has 0 aromatic carbocycles. The van der Waals surface area contributed by atoms with E-state index < -0.39 is 0 Å². The maximum atomic E-state index is 11.6. The highest BCUT2D eigenvalue weighted by Crippen LogP contribution is 2.09. The van der Waals surface area contributed by atoms with Crippen molar-refractivity contribution in [2.75, 3.05) is 33.4 Å². The molecule has 0 saturated carbocycles. The molecule has 1 rings (SSSR count). The molecule has 82 valence electrons. The summed E-state index contributed by atoms with van der Waals surface area (Å²) in [5.41, 5.74) is 0. The lowest BCUT2D eigenvalue weighted by atomic mass is 9.99. The van der Waals surface area contributed by atoms with Crippen molar-refractivity contribution in [1.29, 1.82) is 0 Å². The summed E-state index contributed by atoms with van der Waals surface area (Å²) in [6.07, 6.45) is 3.02. The Kier molecular flexibility index (Phi) is 5.56. The van der Waals surface area contributed by atoms with Crippen LogP contribution in [-0.4, -0.2) is 39.3 Å². The van der Waals surface area contributed by atoms with Gasteiger partial charge in [-0.1, -0.05) is 0 Å². The number of piperidine rings is 1. The lowest BCUT2D eigenvalue weighted by Gasteiger charge is -2.21. The Bertz CT molecular complexity index is 168. The van der Waals surface area contributed by atoms with Crippen molar-refractivity contribution in [3.63, 3.8) is 0 Å². The summed E-state index contributed by atoms with van der Waals surface area (Å²) in [7, 11) is 1.67. The van der Waals surface area contributed by atoms with Crippen LogP contribution in [0.4, 0.5) is 0 Å². The molecule has 4 nitrogen and oxygen atoms in total. The molecule has 1 amide bonds. The predicted octanol–water partition coefficient (Wildman–Crippen LogP) is 0.139. The molecule has 1 fully saturated rings. The van der Waals surface area contributed by atoms with E-state index in [-0.39, 0.29) is 11.8 Å². The Balaban J connectivity index is 2.07. The van der Waals surface area contributed by atoms with E-state index in [1.807, 2.05) is 0 Å². The van der Waals surface area contributed by atoms with Gasteiger partial charge in [0, 0.05) is 26.8 Å². The third-order valence-corrected chi connectivity index (χ3v) is 2.49. The number of hydrogen-bond donors (Lipinski definition) is 2. The largest absolute Gasteiger partial charge is 0.385 e. The van der Waals surface area contributed by atoms with Crippen LogP contribution >= 0.6 is 0 Å². The summed E-state index contributed by atoms with van der Waals surface area (Å²) >= 11 is 0. The molecule has 1 heterocycles. The van der Waals surface area contributed by atoms with Crippen LogP contribution < -0.4 is 10.6 Å². The monoisotopic (exact) mass is 200 g/mol. The number of carbonyl (C=O) groups excluding carboxylic acids is 1. The molecule has 1 unspecified atom stereocenters. The first-order valence-corrected chi connectivity index (χ1v) is 5.32. The van der Waals surface area contributed by atoms with Crippen LogP contribution in [-0.2, 0) is 9.53 Å². The SMILES string of the molecule is COCCCNC(=O)C1CCCNC1. The van der Waals surface area contributed by atoms with Gasteiger partial charge in [0.2, 0.25) is 5.91 Å². The minimum absolute atomic E-state index is 0.172. The highest BCUT2D eigenvalue weighted by Gasteiger charge is 2.19. The molecule has 1 atom stereocenters. The third-order valence-electron chi connectivity index (χ3n) is 2.49. The Morgan fingerprint density at radius 3 is 3.14 bits per heavy atom. The van der Waals surface area contributed by atoms with Crippen LogP contribution in [0.1, 0.15) is 19.3 Å². The Labute approximate surface area is 85.4 Å². The fraction of sp³-hybridized carbons (Fsp3) is 0.900. The number of ether oxygens (including phenoxy) is 1. The van der Waals surface area contributed by atoms with Crippen LogP contribution in [0.5, 0.6) is 0 Å². The van der Waals surface area contributed by atoms with Crippen molar-refractivity contribution in [1.82, 2.24) is 10.6 Å². The number of methoxy groups -OCH3 is 1. The highest BCUT2D eigenvalue weighted by atomic mass is 16.5. The molecule has 1 aliphatic rings. The molecule has 0 aromatic heterocycles. The van der Waals surface area contributed by atoms with Crippen molar-refractivity contribution in [2.45, 2.75) is 19.3 Å². The summed E-state index contributed by atoms with van der Waals surface area (Å²) in [6.45, 7) is 3.32. The van der Waals surface area contributed by atoms with Gasteiger partial charge in [-0.2, -0.15) is 0 Å². The second-order valence-corrected chi connectivity index (χ2v) is 3.68. The first-order chi connectivity index (χ1) is 6.84. The number of carbonyl (C=O) groups is 1. The summed E-state index contributed by atoms with van der Waals surface area (Å²) in [6, 6.07) is 0. The van der Waals surface area contributed by atoms with Gasteiger partial charge in [-0.3, -0.25) is 4.79 Å². The van der Waals surface area contributed by atoms with E-state index >= 15 is 0 Å². The zero-order chi connectivity index (χ0) is 10.2. The minimum Gasteiger partial charge on any atom is -0.385 e. The van der Waals surface area contributed by atoms with Gasteiger partial charge in [0.1, 0.15) is 0 Å². The molecule has 1 saturated heterocycles. The van der Waals surface area contributed by atoms with Crippen molar-refractivity contribution in [3.8, 4) is 0 Å². The summed E-state index contributed by atoms with van der Waals surface area (Å²) in [5, 5.41) is 6.16. The lowest BCUT2D eigenvalue weighted by molar-refractivity contribution is -0.125. The van der Waals surface area contributed by atoms with Gasteiger partial charge < -0.3 is 15.4 Å². The quantitative estimate of drug-likeness (QED) is 0.621. The van der Waals surface area contributed by atoms with Gasteiger partial charge in [0.25, 0.3) is 0 Å². The number of nitrogens with one attached hydrogen (secondary N) is 2. The lowest BCUT2D eigenvalue weighted by Crippen LogP contribution is -2.40. The smallest absolute Gasteiger partial charge is 0.224 e. The van der Waals surface area contributed by atoms with E-state index in [0.29, 0.717) is 6.61 Å². The normalized spacial score (nSPS) is 21.9. The standard InChI is InChI=1S/C10H20N2O2/c1-14-7-3-6-12-10(13)9-4-2-5-11-8-9/h9,11H,2-8H2,1H3,(H,12,13). The van der Waals surface area contributed by atoms with Crippen LogP contribution in [0.2, 0.25) is 0 Å². The van der Waals surface area contributed by atoms with Crippen molar-refractivity contribution in [3.05, 3.63) is 0 Å². The van der Waals surface area contributed by atoms with Gasteiger partial charge in [0.15, 0.2) is 0 Å². The van der Waals surface area contributed by atoms with E-state index in [1.165, 1.54) is 0 Å². The molecule has 2 N–H and O–H groups in total. The molecule has 0 aromatic rings. The first-order valence-electron chi connectivity index (χ1n) is 5.32. The van der Waals surface area contributed by atoms with Crippen LogP contribution in [0.25, 0.3) is 0 Å². The Morgan fingerprint density at radius 2 is 2.50 bits per heavy atom. The van der Waals surface area contributed by atoms with Gasteiger partial charge >= 0.3 is 0 Å². The molecule has 4 heteroatoms. The molecule has 1 aliphatic heterocycles. The fourth-order valence-corrected chi connectivity index (χ4v) is 1.65. The predicted molar refractivity (Wildman–Crippen MR) is 55.1 cm³/mol. The molecule has 0 radical (unpaired) electrons. The first kappa shape index (κ1) is 11.5. The van der Waals surface area contributed by atoms with Crippen LogP contribution in [0.3, 0.4) is 0 Å². The van der Waals surface area contributed by atoms with Gasteiger partial charge in [-0.05, 0) is 25.8 Å². The molecule has 0 bridgehead atoms. The second kappa shape index (κ2) is 6.79. The Morgan fingerprint density at radius 1 is 1.64 bits per heavy atom. The van der Waals surface area contributed by atoms with Crippen molar-refractivity contribution < 1.29 is 9.53 Å². The number of hydrogen-bond acceptors (Lipinski definition) is 3. The molecule has 14 heavy (non-hydrogen) atoms. The van der Waals surface area contributed by atoms with Gasteiger partial charge in [-0.15, -0.1) is 0 Å². The Hall–Kier alpha value is -0.610. The topological polar surface area (TPSA) is 50.4 Å². The van der Waals surface area contributed by atoms with Gasteiger partial charge in [0.05, 0.1) is 5.92 Å². The summed E-state index contributed by atoms with van der Waals surface area (Å²) in [4.78, 5) is 11.6. The molecular weight excluding hydrogens is 180 g/mol.